The second-order valence-corrected chi connectivity index (χ2v) is 7.09. The Bertz CT molecular complexity index is 797. The first-order chi connectivity index (χ1) is 12.7. The maximum Gasteiger partial charge on any atom is 0.416 e. The Labute approximate surface area is 156 Å². The van der Waals surface area contributed by atoms with E-state index in [1.807, 2.05) is 19.1 Å². The Morgan fingerprint density at radius 2 is 1.85 bits per heavy atom. The summed E-state index contributed by atoms with van der Waals surface area (Å²) in [4.78, 5) is 16.1. The molecule has 0 saturated heterocycles. The Morgan fingerprint density at radius 3 is 2.44 bits per heavy atom. The average molecular weight is 380 g/mol. The summed E-state index contributed by atoms with van der Waals surface area (Å²) in [7, 11) is 1.66. The summed E-state index contributed by atoms with van der Waals surface area (Å²) in [5, 5.41) is 0. The van der Waals surface area contributed by atoms with E-state index in [9.17, 15) is 18.0 Å². The van der Waals surface area contributed by atoms with E-state index in [2.05, 4.69) is 0 Å². The molecule has 1 heterocycles. The van der Waals surface area contributed by atoms with Gasteiger partial charge in [0.1, 0.15) is 11.5 Å². The van der Waals surface area contributed by atoms with Crippen molar-refractivity contribution in [3.63, 3.8) is 0 Å². The molecule has 0 atom stereocenters. The quantitative estimate of drug-likeness (QED) is 0.721. The molecule has 1 amide bonds. The largest absolute Gasteiger partial charge is 0.464 e. The third-order valence-corrected chi connectivity index (χ3v) is 4.60. The normalized spacial score (nSPS) is 14.6. The Hall–Kier alpha value is -2.28. The standard InChI is InChI=1S/C20H23F3N2O2/c1-14-7-10-17(27-14)12-25(16-8-9-16)19(26)13-24(2)11-15-5-3-4-6-18(15)20(21,22)23/h3-7,10,16H,8-9,11-13H2,1-2H3. The number of nitrogens with zero attached hydrogens (tertiary/aromatic N) is 2. The zero-order valence-corrected chi connectivity index (χ0v) is 15.4. The highest BCUT2D eigenvalue weighted by atomic mass is 19.4. The van der Waals surface area contributed by atoms with Crippen LogP contribution in [0.2, 0.25) is 0 Å². The summed E-state index contributed by atoms with van der Waals surface area (Å²) in [5.41, 5.74) is -0.491. The molecule has 0 unspecified atom stereocenters. The van der Waals surface area contributed by atoms with Gasteiger partial charge in [0.05, 0.1) is 18.7 Å². The van der Waals surface area contributed by atoms with Crippen molar-refractivity contribution in [1.82, 2.24) is 9.80 Å². The van der Waals surface area contributed by atoms with Gasteiger partial charge >= 0.3 is 6.18 Å². The minimum Gasteiger partial charge on any atom is -0.464 e. The molecular weight excluding hydrogens is 357 g/mol. The van der Waals surface area contributed by atoms with Gasteiger partial charge in [0.2, 0.25) is 5.91 Å². The van der Waals surface area contributed by atoms with E-state index in [0.717, 1.165) is 30.4 Å². The highest BCUT2D eigenvalue weighted by Gasteiger charge is 2.35. The number of furan rings is 1. The summed E-state index contributed by atoms with van der Waals surface area (Å²) in [6, 6.07) is 9.37. The average Bonchev–Trinajstić information content (AvgIpc) is 3.34. The van der Waals surface area contributed by atoms with Gasteiger partial charge in [-0.25, -0.2) is 0 Å². The van der Waals surface area contributed by atoms with Crippen LogP contribution in [0, 0.1) is 6.92 Å². The number of hydrogen-bond acceptors (Lipinski definition) is 3. The van der Waals surface area contributed by atoms with Gasteiger partial charge in [0.25, 0.3) is 0 Å². The number of rotatable bonds is 7. The molecule has 2 aromatic rings. The van der Waals surface area contributed by atoms with Gasteiger partial charge in [0, 0.05) is 12.6 Å². The zero-order valence-electron chi connectivity index (χ0n) is 15.4. The number of hydrogen-bond donors (Lipinski definition) is 0. The topological polar surface area (TPSA) is 36.7 Å². The molecule has 0 radical (unpaired) electrons. The van der Waals surface area contributed by atoms with Crippen LogP contribution < -0.4 is 0 Å². The summed E-state index contributed by atoms with van der Waals surface area (Å²) >= 11 is 0. The number of halogens is 3. The SMILES string of the molecule is Cc1ccc(CN(C(=O)CN(C)Cc2ccccc2C(F)(F)F)C2CC2)o1. The number of benzene rings is 1. The van der Waals surface area contributed by atoms with Crippen molar-refractivity contribution in [2.75, 3.05) is 13.6 Å². The fraction of sp³-hybridized carbons (Fsp3) is 0.450. The molecule has 1 aliphatic carbocycles. The molecule has 4 nitrogen and oxygen atoms in total. The van der Waals surface area contributed by atoms with Crippen molar-refractivity contribution in [1.29, 1.82) is 0 Å². The third kappa shape index (κ3) is 5.13. The van der Waals surface area contributed by atoms with Crippen molar-refractivity contribution in [2.45, 2.75) is 45.1 Å². The number of alkyl halides is 3. The Kier molecular flexibility index (Phi) is 5.60. The summed E-state index contributed by atoms with van der Waals surface area (Å²) in [5.74, 6) is 1.41. The molecule has 1 saturated carbocycles. The highest BCUT2D eigenvalue weighted by molar-refractivity contribution is 5.78. The number of amides is 1. The highest BCUT2D eigenvalue weighted by Crippen LogP contribution is 2.32. The van der Waals surface area contributed by atoms with Crippen LogP contribution in [0.1, 0.15) is 35.5 Å². The van der Waals surface area contributed by atoms with Crippen LogP contribution in [0.5, 0.6) is 0 Å². The maximum absolute atomic E-state index is 13.1. The van der Waals surface area contributed by atoms with Gasteiger partial charge in [-0.1, -0.05) is 18.2 Å². The van der Waals surface area contributed by atoms with Crippen molar-refractivity contribution < 1.29 is 22.4 Å². The number of carbonyl (C=O) groups is 1. The third-order valence-electron chi connectivity index (χ3n) is 4.60. The summed E-state index contributed by atoms with van der Waals surface area (Å²) < 4.78 is 45.0. The van der Waals surface area contributed by atoms with Gasteiger partial charge in [-0.15, -0.1) is 0 Å². The summed E-state index contributed by atoms with van der Waals surface area (Å²) in [6.45, 7) is 2.35. The lowest BCUT2D eigenvalue weighted by Crippen LogP contribution is -2.39. The van der Waals surface area contributed by atoms with Crippen molar-refractivity contribution >= 4 is 5.91 Å². The minimum atomic E-state index is -4.40. The summed E-state index contributed by atoms with van der Waals surface area (Å²) in [6.07, 6.45) is -2.50. The van der Waals surface area contributed by atoms with E-state index >= 15 is 0 Å². The first-order valence-electron chi connectivity index (χ1n) is 8.92. The van der Waals surface area contributed by atoms with E-state index in [4.69, 9.17) is 4.42 Å². The van der Waals surface area contributed by atoms with Gasteiger partial charge in [-0.3, -0.25) is 9.69 Å². The fourth-order valence-corrected chi connectivity index (χ4v) is 3.15. The van der Waals surface area contributed by atoms with Gasteiger partial charge in [0.15, 0.2) is 0 Å². The van der Waals surface area contributed by atoms with E-state index in [0.29, 0.717) is 6.54 Å². The van der Waals surface area contributed by atoms with Crippen LogP contribution in [-0.4, -0.2) is 35.3 Å². The second kappa shape index (κ2) is 7.76. The Balaban J connectivity index is 1.64. The molecule has 1 fully saturated rings. The molecule has 3 rings (SSSR count). The molecular formula is C20H23F3N2O2. The van der Waals surface area contributed by atoms with E-state index in [-0.39, 0.29) is 30.6 Å². The number of carbonyl (C=O) groups excluding carboxylic acids is 1. The molecule has 1 aliphatic rings. The molecule has 0 N–H and O–H groups in total. The molecule has 0 aliphatic heterocycles. The number of aryl methyl sites for hydroxylation is 1. The van der Waals surface area contributed by atoms with E-state index in [1.165, 1.54) is 12.1 Å². The number of likely N-dealkylation sites (N-methyl/N-ethyl adjacent to an activating group) is 1. The van der Waals surface area contributed by atoms with E-state index in [1.54, 1.807) is 22.9 Å². The maximum atomic E-state index is 13.1. The van der Waals surface area contributed by atoms with Crippen LogP contribution in [0.15, 0.2) is 40.8 Å². The molecule has 0 spiro atoms. The predicted octanol–water partition coefficient (Wildman–Crippen LogP) is 4.23. The lowest BCUT2D eigenvalue weighted by molar-refractivity contribution is -0.138. The first-order valence-corrected chi connectivity index (χ1v) is 8.92. The minimum absolute atomic E-state index is 0.0553. The van der Waals surface area contributed by atoms with Crippen LogP contribution in [0.25, 0.3) is 0 Å². The smallest absolute Gasteiger partial charge is 0.416 e. The van der Waals surface area contributed by atoms with Crippen LogP contribution in [0.3, 0.4) is 0 Å². The van der Waals surface area contributed by atoms with Gasteiger partial charge < -0.3 is 9.32 Å². The van der Waals surface area contributed by atoms with Crippen molar-refractivity contribution in [3.8, 4) is 0 Å². The molecule has 27 heavy (non-hydrogen) atoms. The second-order valence-electron chi connectivity index (χ2n) is 7.09. The molecule has 7 heteroatoms. The molecule has 146 valence electrons. The van der Waals surface area contributed by atoms with Crippen LogP contribution >= 0.6 is 0 Å². The first kappa shape index (κ1) is 19.5. The van der Waals surface area contributed by atoms with Gasteiger partial charge in [-0.2, -0.15) is 13.2 Å². The van der Waals surface area contributed by atoms with Crippen molar-refractivity contribution in [2.24, 2.45) is 0 Å². The zero-order chi connectivity index (χ0) is 19.6. The van der Waals surface area contributed by atoms with Crippen LogP contribution in [0.4, 0.5) is 13.2 Å². The van der Waals surface area contributed by atoms with Gasteiger partial charge in [-0.05, 0) is 50.6 Å². The van der Waals surface area contributed by atoms with Crippen LogP contribution in [-0.2, 0) is 24.1 Å². The Morgan fingerprint density at radius 1 is 1.15 bits per heavy atom. The molecule has 1 aromatic heterocycles. The lowest BCUT2D eigenvalue weighted by atomic mass is 10.1. The van der Waals surface area contributed by atoms with Crippen molar-refractivity contribution in [3.05, 3.63) is 59.0 Å². The van der Waals surface area contributed by atoms with E-state index < -0.39 is 11.7 Å². The predicted molar refractivity (Wildman–Crippen MR) is 94.8 cm³/mol. The monoisotopic (exact) mass is 380 g/mol. The lowest BCUT2D eigenvalue weighted by Gasteiger charge is -2.25. The molecule has 1 aromatic carbocycles. The fourth-order valence-electron chi connectivity index (χ4n) is 3.15. The molecule has 0 bridgehead atoms.